The molecule has 0 spiro atoms. The van der Waals surface area contributed by atoms with Crippen LogP contribution in [-0.4, -0.2) is 36.6 Å². The van der Waals surface area contributed by atoms with E-state index in [9.17, 15) is 18.0 Å². The topological polar surface area (TPSA) is 95.6 Å². The molecule has 3 atom stereocenters. The Hall–Kier alpha value is -2.35. The Bertz CT molecular complexity index is 864. The summed E-state index contributed by atoms with van der Waals surface area (Å²) in [4.78, 5) is 25.1. The van der Waals surface area contributed by atoms with E-state index in [1.807, 2.05) is 6.92 Å². The fourth-order valence-corrected chi connectivity index (χ4v) is 5.19. The lowest BCUT2D eigenvalue weighted by Gasteiger charge is -2.33. The molecular formula is C20H27N3O4S. The molecule has 0 saturated heterocycles. The SMILES string of the molecule is Cc1ccc(S(=O)(=O)N2C=CNC(=O)[C@H]2CC(=O)N[C@@H]2CCCC[C@H]2C)cc1. The molecule has 7 nitrogen and oxygen atoms in total. The summed E-state index contributed by atoms with van der Waals surface area (Å²) in [5.41, 5.74) is 0.934. The molecule has 0 bridgehead atoms. The summed E-state index contributed by atoms with van der Waals surface area (Å²) in [6.07, 6.45) is 6.57. The molecule has 8 heteroatoms. The maximum Gasteiger partial charge on any atom is 0.264 e. The number of benzene rings is 1. The van der Waals surface area contributed by atoms with Gasteiger partial charge in [-0.1, -0.05) is 37.5 Å². The highest BCUT2D eigenvalue weighted by Gasteiger charge is 2.37. The Labute approximate surface area is 166 Å². The second-order valence-electron chi connectivity index (χ2n) is 7.63. The molecule has 3 rings (SSSR count). The molecule has 0 radical (unpaired) electrons. The van der Waals surface area contributed by atoms with Crippen molar-refractivity contribution in [3.8, 4) is 0 Å². The van der Waals surface area contributed by atoms with Gasteiger partial charge in [0.05, 0.1) is 11.3 Å². The molecule has 0 unspecified atom stereocenters. The molecule has 1 aliphatic heterocycles. The van der Waals surface area contributed by atoms with Gasteiger partial charge in [0.2, 0.25) is 11.8 Å². The second kappa shape index (κ2) is 8.34. The Morgan fingerprint density at radius 3 is 2.57 bits per heavy atom. The zero-order chi connectivity index (χ0) is 20.3. The lowest BCUT2D eigenvalue weighted by atomic mass is 9.86. The van der Waals surface area contributed by atoms with Gasteiger partial charge in [-0.05, 0) is 37.8 Å². The molecule has 2 N–H and O–H groups in total. The van der Waals surface area contributed by atoms with Crippen LogP contribution in [0.2, 0.25) is 0 Å². The summed E-state index contributed by atoms with van der Waals surface area (Å²) in [5.74, 6) is -0.437. The second-order valence-corrected chi connectivity index (χ2v) is 9.47. The van der Waals surface area contributed by atoms with E-state index in [0.29, 0.717) is 5.92 Å². The highest BCUT2D eigenvalue weighted by Crippen LogP contribution is 2.25. The van der Waals surface area contributed by atoms with Gasteiger partial charge in [-0.2, -0.15) is 0 Å². The normalized spacial score (nSPS) is 25.3. The van der Waals surface area contributed by atoms with Crippen molar-refractivity contribution in [2.24, 2.45) is 5.92 Å². The first-order chi connectivity index (χ1) is 13.3. The predicted octanol–water partition coefficient (Wildman–Crippen LogP) is 2.04. The number of amides is 2. The van der Waals surface area contributed by atoms with Gasteiger partial charge in [0.1, 0.15) is 6.04 Å². The third-order valence-corrected chi connectivity index (χ3v) is 7.29. The fourth-order valence-electron chi connectivity index (χ4n) is 3.74. The van der Waals surface area contributed by atoms with E-state index in [4.69, 9.17) is 0 Å². The molecule has 0 aromatic heterocycles. The zero-order valence-electron chi connectivity index (χ0n) is 16.2. The lowest BCUT2D eigenvalue weighted by molar-refractivity contribution is -0.130. The first-order valence-electron chi connectivity index (χ1n) is 9.65. The minimum atomic E-state index is -3.94. The van der Waals surface area contributed by atoms with Crippen LogP contribution in [0.1, 0.15) is 44.6 Å². The summed E-state index contributed by atoms with van der Waals surface area (Å²) < 4.78 is 27.1. The Morgan fingerprint density at radius 2 is 1.89 bits per heavy atom. The van der Waals surface area contributed by atoms with Gasteiger partial charge in [-0.15, -0.1) is 0 Å². The molecule has 1 aliphatic carbocycles. The van der Waals surface area contributed by atoms with E-state index in [2.05, 4.69) is 17.6 Å². The minimum Gasteiger partial charge on any atom is -0.353 e. The number of aryl methyl sites for hydroxylation is 1. The lowest BCUT2D eigenvalue weighted by Crippen LogP contribution is -2.52. The van der Waals surface area contributed by atoms with Crippen molar-refractivity contribution in [3.63, 3.8) is 0 Å². The van der Waals surface area contributed by atoms with Crippen LogP contribution < -0.4 is 10.6 Å². The number of nitrogens with zero attached hydrogens (tertiary/aromatic N) is 1. The predicted molar refractivity (Wildman–Crippen MR) is 105 cm³/mol. The maximum atomic E-state index is 13.0. The third-order valence-electron chi connectivity index (χ3n) is 5.49. The van der Waals surface area contributed by atoms with E-state index in [-0.39, 0.29) is 23.3 Å². The van der Waals surface area contributed by atoms with E-state index in [1.165, 1.54) is 24.5 Å². The highest BCUT2D eigenvalue weighted by molar-refractivity contribution is 7.89. The number of rotatable bonds is 5. The van der Waals surface area contributed by atoms with Crippen LogP contribution in [0.5, 0.6) is 0 Å². The van der Waals surface area contributed by atoms with Gasteiger partial charge in [-0.25, -0.2) is 8.42 Å². The number of carbonyl (C=O) groups excluding carboxylic acids is 2. The summed E-state index contributed by atoms with van der Waals surface area (Å²) in [7, 11) is -3.94. The zero-order valence-corrected chi connectivity index (χ0v) is 17.0. The monoisotopic (exact) mass is 405 g/mol. The van der Waals surface area contributed by atoms with Crippen LogP contribution in [0, 0.1) is 12.8 Å². The molecule has 2 amide bonds. The van der Waals surface area contributed by atoms with Crippen molar-refractivity contribution in [3.05, 3.63) is 42.2 Å². The molecule has 1 saturated carbocycles. The highest BCUT2D eigenvalue weighted by atomic mass is 32.2. The van der Waals surface area contributed by atoms with Crippen LogP contribution in [0.15, 0.2) is 41.6 Å². The summed E-state index contributed by atoms with van der Waals surface area (Å²) in [6, 6.07) is 5.37. The fraction of sp³-hybridized carbons (Fsp3) is 0.500. The molecule has 1 aromatic carbocycles. The van der Waals surface area contributed by atoms with Crippen molar-refractivity contribution in [2.75, 3.05) is 0 Å². The van der Waals surface area contributed by atoms with Gasteiger partial charge in [0.15, 0.2) is 0 Å². The van der Waals surface area contributed by atoms with E-state index >= 15 is 0 Å². The van der Waals surface area contributed by atoms with Crippen molar-refractivity contribution in [2.45, 2.75) is 62.9 Å². The van der Waals surface area contributed by atoms with Gasteiger partial charge < -0.3 is 10.6 Å². The molecule has 1 fully saturated rings. The van der Waals surface area contributed by atoms with Gasteiger partial charge in [0, 0.05) is 18.4 Å². The van der Waals surface area contributed by atoms with Crippen LogP contribution in [-0.2, 0) is 19.6 Å². The van der Waals surface area contributed by atoms with E-state index < -0.39 is 22.0 Å². The number of carbonyl (C=O) groups is 2. The number of nitrogens with one attached hydrogen (secondary N) is 2. The van der Waals surface area contributed by atoms with Crippen LogP contribution in [0.4, 0.5) is 0 Å². The first kappa shape index (κ1) is 20.4. The smallest absolute Gasteiger partial charge is 0.264 e. The van der Waals surface area contributed by atoms with Crippen molar-refractivity contribution < 1.29 is 18.0 Å². The van der Waals surface area contributed by atoms with Crippen LogP contribution in [0.25, 0.3) is 0 Å². The van der Waals surface area contributed by atoms with Crippen molar-refractivity contribution in [1.82, 2.24) is 14.9 Å². The molecule has 1 aromatic rings. The minimum absolute atomic E-state index is 0.0746. The van der Waals surface area contributed by atoms with E-state index in [0.717, 1.165) is 35.6 Å². The summed E-state index contributed by atoms with van der Waals surface area (Å²) >= 11 is 0. The summed E-state index contributed by atoms with van der Waals surface area (Å²) in [6.45, 7) is 3.97. The Kier molecular flexibility index (Phi) is 6.07. The number of hydrogen-bond donors (Lipinski definition) is 2. The first-order valence-corrected chi connectivity index (χ1v) is 11.1. The van der Waals surface area contributed by atoms with Crippen molar-refractivity contribution in [1.29, 1.82) is 0 Å². The molecule has 152 valence electrons. The van der Waals surface area contributed by atoms with E-state index in [1.54, 1.807) is 12.1 Å². The van der Waals surface area contributed by atoms with Gasteiger partial charge in [0.25, 0.3) is 10.0 Å². The van der Waals surface area contributed by atoms with Crippen LogP contribution >= 0.6 is 0 Å². The molecule has 1 heterocycles. The average Bonchev–Trinajstić information content (AvgIpc) is 2.65. The largest absolute Gasteiger partial charge is 0.353 e. The number of hydrogen-bond acceptors (Lipinski definition) is 4. The molecule has 2 aliphatic rings. The molecule has 28 heavy (non-hydrogen) atoms. The third kappa shape index (κ3) is 4.38. The average molecular weight is 406 g/mol. The van der Waals surface area contributed by atoms with Gasteiger partial charge in [-0.3, -0.25) is 13.9 Å². The maximum absolute atomic E-state index is 13.0. The summed E-state index contributed by atoms with van der Waals surface area (Å²) in [5, 5.41) is 5.50. The van der Waals surface area contributed by atoms with Crippen LogP contribution in [0.3, 0.4) is 0 Å². The van der Waals surface area contributed by atoms with Gasteiger partial charge >= 0.3 is 0 Å². The Balaban J connectivity index is 1.77. The number of sulfonamides is 1. The van der Waals surface area contributed by atoms with Crippen molar-refractivity contribution >= 4 is 21.8 Å². The Morgan fingerprint density at radius 1 is 1.21 bits per heavy atom. The molecular weight excluding hydrogens is 378 g/mol. The standard InChI is InChI=1S/C20H27N3O4S/c1-14-7-9-16(10-8-14)28(26,27)23-12-11-21-20(25)18(23)13-19(24)22-17-6-4-3-5-15(17)2/h7-12,15,17-18H,3-6,13H2,1-2H3,(H,21,25)(H,22,24)/t15-,17-,18-/m1/s1. The quantitative estimate of drug-likeness (QED) is 0.784.